The van der Waals surface area contributed by atoms with Gasteiger partial charge in [-0.3, -0.25) is 4.90 Å². The fourth-order valence-corrected chi connectivity index (χ4v) is 8.13. The Bertz CT molecular complexity index is 1360. The first-order valence-corrected chi connectivity index (χ1v) is 12.7. The number of hydrogen-bond donors (Lipinski definition) is 2. The zero-order valence-electron chi connectivity index (χ0n) is 19.1. The summed E-state index contributed by atoms with van der Waals surface area (Å²) >= 11 is 0. The average Bonchev–Trinajstić information content (AvgIpc) is 3.51. The lowest BCUT2D eigenvalue weighted by Crippen LogP contribution is -2.74. The van der Waals surface area contributed by atoms with Crippen LogP contribution in [0.2, 0.25) is 0 Å². The number of fused-ring (bicyclic) bond motifs is 4. The van der Waals surface area contributed by atoms with E-state index in [1.807, 2.05) is 24.3 Å². The molecule has 0 unspecified atom stereocenters. The summed E-state index contributed by atoms with van der Waals surface area (Å²) < 4.78 is 22.6. The van der Waals surface area contributed by atoms with Gasteiger partial charge in [0.15, 0.2) is 17.6 Å². The van der Waals surface area contributed by atoms with Gasteiger partial charge in [-0.25, -0.2) is 4.39 Å². The number of aromatic nitrogens is 1. The lowest BCUT2D eigenvalue weighted by molar-refractivity contribution is -0.173. The number of ether oxygens (including phenoxy) is 1. The van der Waals surface area contributed by atoms with Gasteiger partial charge in [-0.2, -0.15) is 0 Å². The molecule has 4 atom stereocenters. The summed E-state index contributed by atoms with van der Waals surface area (Å²) in [5.74, 6) is 1.41. The van der Waals surface area contributed by atoms with E-state index in [2.05, 4.69) is 15.5 Å². The zero-order valence-corrected chi connectivity index (χ0v) is 19.1. The summed E-state index contributed by atoms with van der Waals surface area (Å²) in [4.78, 5) is 2.54. The maximum absolute atomic E-state index is 13.8. The van der Waals surface area contributed by atoms with Crippen LogP contribution < -0.4 is 4.74 Å². The minimum atomic E-state index is -1.01. The Kier molecular flexibility index (Phi) is 3.68. The fourth-order valence-electron chi connectivity index (χ4n) is 8.13. The molecule has 1 saturated carbocycles. The van der Waals surface area contributed by atoms with Gasteiger partial charge in [0.2, 0.25) is 0 Å². The van der Waals surface area contributed by atoms with Gasteiger partial charge in [-0.1, -0.05) is 24.3 Å². The second-order valence-corrected chi connectivity index (χ2v) is 11.1. The van der Waals surface area contributed by atoms with Crippen LogP contribution in [0.5, 0.6) is 11.5 Å². The minimum Gasteiger partial charge on any atom is -0.504 e. The Balaban J connectivity index is 1.43. The molecule has 8 rings (SSSR count). The van der Waals surface area contributed by atoms with Gasteiger partial charge in [0, 0.05) is 35.5 Å². The van der Waals surface area contributed by atoms with E-state index < -0.39 is 23.8 Å². The summed E-state index contributed by atoms with van der Waals surface area (Å²) in [5, 5.41) is 24.8. The van der Waals surface area contributed by atoms with Crippen molar-refractivity contribution in [3.05, 3.63) is 58.8 Å². The van der Waals surface area contributed by atoms with Crippen LogP contribution >= 0.6 is 0 Å². The molecule has 3 heterocycles. The lowest BCUT2D eigenvalue weighted by Gasteiger charge is -2.63. The van der Waals surface area contributed by atoms with Gasteiger partial charge in [0.25, 0.3) is 0 Å². The minimum absolute atomic E-state index is 0.00683. The molecular formula is C28H29FN2O3. The molecule has 176 valence electrons. The Morgan fingerprint density at radius 3 is 2.82 bits per heavy atom. The third kappa shape index (κ3) is 2.14. The average molecular weight is 460 g/mol. The number of aryl methyl sites for hydroxylation is 1. The Labute approximate surface area is 197 Å². The van der Waals surface area contributed by atoms with Crippen LogP contribution in [-0.4, -0.2) is 51.1 Å². The second-order valence-electron chi connectivity index (χ2n) is 11.1. The number of benzene rings is 2. The molecule has 1 aromatic heterocycles. The molecule has 2 aromatic carbocycles. The molecule has 5 aliphatic rings. The Hall–Kier alpha value is -2.57. The van der Waals surface area contributed by atoms with Crippen LogP contribution in [-0.2, 0) is 24.8 Å². The van der Waals surface area contributed by atoms with Gasteiger partial charge in [-0.15, -0.1) is 0 Å². The number of hydrogen-bond acceptors (Lipinski definition) is 4. The van der Waals surface area contributed by atoms with E-state index in [4.69, 9.17) is 4.74 Å². The van der Waals surface area contributed by atoms with Crippen LogP contribution in [0.15, 0.2) is 36.4 Å². The van der Waals surface area contributed by atoms with E-state index in [0.29, 0.717) is 12.2 Å². The number of aromatic hydroxyl groups is 1. The molecule has 2 fully saturated rings. The van der Waals surface area contributed by atoms with Crippen molar-refractivity contribution >= 4 is 10.9 Å². The van der Waals surface area contributed by atoms with Gasteiger partial charge in [0.05, 0.1) is 23.3 Å². The maximum atomic E-state index is 13.8. The first kappa shape index (κ1) is 19.7. The quantitative estimate of drug-likeness (QED) is 0.619. The van der Waals surface area contributed by atoms with Crippen molar-refractivity contribution in [2.24, 2.45) is 5.92 Å². The Morgan fingerprint density at radius 1 is 1.15 bits per heavy atom. The lowest BCUT2D eigenvalue weighted by atomic mass is 9.49. The first-order chi connectivity index (χ1) is 16.6. The number of para-hydroxylation sites is 1. The first-order valence-electron chi connectivity index (χ1n) is 12.7. The van der Waals surface area contributed by atoms with Crippen molar-refractivity contribution in [2.75, 3.05) is 19.8 Å². The zero-order chi connectivity index (χ0) is 22.8. The van der Waals surface area contributed by atoms with Crippen LogP contribution in [0, 0.1) is 5.92 Å². The topological polar surface area (TPSA) is 57.9 Å². The summed E-state index contributed by atoms with van der Waals surface area (Å²) in [7, 11) is 0. The number of phenols is 1. The SMILES string of the molecule is Oc1ccc2c3c1O[C@H]1c4c(c5ccccc5n4CC[18F])C[C@@]4(O)[C@H](C2)N(CC2CC2)CC[C@]314. The second kappa shape index (κ2) is 6.35. The molecule has 34 heavy (non-hydrogen) atoms. The van der Waals surface area contributed by atoms with E-state index in [1.54, 1.807) is 6.07 Å². The van der Waals surface area contributed by atoms with Crippen molar-refractivity contribution < 1.29 is 19.3 Å². The third-order valence-electron chi connectivity index (χ3n) is 9.64. The highest BCUT2D eigenvalue weighted by Gasteiger charge is 2.73. The summed E-state index contributed by atoms with van der Waals surface area (Å²) in [6.45, 7) is 1.76. The number of aliphatic hydroxyl groups is 1. The molecule has 3 aliphatic carbocycles. The van der Waals surface area contributed by atoms with E-state index >= 15 is 0 Å². The number of rotatable bonds is 4. The molecule has 5 nitrogen and oxygen atoms in total. The molecular weight excluding hydrogens is 430 g/mol. The highest BCUT2D eigenvalue weighted by Crippen LogP contribution is 2.69. The fraction of sp³-hybridized carbons (Fsp3) is 0.500. The number of halogens is 1. The molecule has 2 bridgehead atoms. The van der Waals surface area contributed by atoms with Crippen molar-refractivity contribution in [2.45, 2.75) is 61.8 Å². The standard InChI is InChI=1S/C28H29FN2O3/c29-10-12-31-20-4-2-1-3-18(20)19-14-28(33)22-13-17-7-8-21(32)25-23(17)27(28,26(34-25)24(19)31)9-11-30(22)15-16-5-6-16/h1-4,7-8,16,22,26,32-33H,5-6,9-15H2/t22-,26-,27-,28+/m0/s1/i29-1. The molecule has 1 spiro atoms. The largest absolute Gasteiger partial charge is 0.504 e. The monoisotopic (exact) mass is 459 g/mol. The highest BCUT2D eigenvalue weighted by molar-refractivity contribution is 5.87. The summed E-state index contributed by atoms with van der Waals surface area (Å²) in [6, 6.07) is 11.9. The predicted octanol–water partition coefficient (Wildman–Crippen LogP) is 4.02. The third-order valence-corrected chi connectivity index (χ3v) is 9.64. The van der Waals surface area contributed by atoms with Crippen molar-refractivity contribution in [3.63, 3.8) is 0 Å². The van der Waals surface area contributed by atoms with E-state index in [1.165, 1.54) is 18.4 Å². The number of piperidine rings is 1. The van der Waals surface area contributed by atoms with Crippen LogP contribution in [0.4, 0.5) is 4.39 Å². The van der Waals surface area contributed by atoms with Gasteiger partial charge < -0.3 is 19.5 Å². The number of phenolic OH excluding ortho intramolecular Hbond substituents is 1. The van der Waals surface area contributed by atoms with Gasteiger partial charge in [0.1, 0.15) is 6.67 Å². The van der Waals surface area contributed by atoms with E-state index in [9.17, 15) is 14.6 Å². The number of nitrogens with zero attached hydrogens (tertiary/aromatic N) is 2. The van der Waals surface area contributed by atoms with Crippen LogP contribution in [0.1, 0.15) is 47.8 Å². The van der Waals surface area contributed by atoms with Gasteiger partial charge in [-0.05, 0) is 61.4 Å². The summed E-state index contributed by atoms with van der Waals surface area (Å²) in [5.41, 5.74) is 3.62. The highest BCUT2D eigenvalue weighted by atomic mass is 18.2. The number of alkyl halides is 1. The molecule has 2 aliphatic heterocycles. The number of likely N-dealkylation sites (tertiary alicyclic amines) is 1. The van der Waals surface area contributed by atoms with Crippen molar-refractivity contribution in [1.29, 1.82) is 0 Å². The van der Waals surface area contributed by atoms with Crippen molar-refractivity contribution in [1.82, 2.24) is 9.47 Å². The maximum Gasteiger partial charge on any atom is 0.166 e. The van der Waals surface area contributed by atoms with E-state index in [-0.39, 0.29) is 18.3 Å². The van der Waals surface area contributed by atoms with Crippen LogP contribution in [0.3, 0.4) is 0 Å². The molecule has 3 aromatic rings. The van der Waals surface area contributed by atoms with E-state index in [0.717, 1.165) is 59.6 Å². The normalized spacial score (nSPS) is 33.0. The molecule has 6 heteroatoms. The molecule has 0 radical (unpaired) electrons. The van der Waals surface area contributed by atoms with Gasteiger partial charge >= 0.3 is 0 Å². The van der Waals surface area contributed by atoms with Crippen molar-refractivity contribution in [3.8, 4) is 11.5 Å². The predicted molar refractivity (Wildman–Crippen MR) is 126 cm³/mol. The molecule has 1 saturated heterocycles. The Morgan fingerprint density at radius 2 is 2.00 bits per heavy atom. The molecule has 2 N–H and O–H groups in total. The molecule has 0 amide bonds. The smallest absolute Gasteiger partial charge is 0.166 e. The van der Waals surface area contributed by atoms with Crippen LogP contribution in [0.25, 0.3) is 10.9 Å². The summed E-state index contributed by atoms with van der Waals surface area (Å²) in [6.07, 6.45) is 4.21.